The molecule has 0 unspecified atom stereocenters. The molecule has 1 N–H and O–H groups in total. The highest BCUT2D eigenvalue weighted by atomic mass is 16.4. The molecule has 0 radical (unpaired) electrons. The second kappa shape index (κ2) is 3.09. The highest BCUT2D eigenvalue weighted by Crippen LogP contribution is 2.06. The molecule has 0 aliphatic heterocycles. The number of carbonyl (C=O) groups is 1. The molecular formula is C8H8N2O2. The van der Waals surface area contributed by atoms with E-state index in [0.29, 0.717) is 5.69 Å². The third-order valence-electron chi connectivity index (χ3n) is 1.61. The Morgan fingerprint density at radius 1 is 1.75 bits per heavy atom. The number of hydrogen-bond acceptors (Lipinski definition) is 2. The third-order valence-corrected chi connectivity index (χ3v) is 1.61. The molecule has 0 saturated heterocycles. The van der Waals surface area contributed by atoms with Crippen molar-refractivity contribution in [2.24, 2.45) is 0 Å². The van der Waals surface area contributed by atoms with Gasteiger partial charge in [-0.15, -0.1) is 0 Å². The molecule has 12 heavy (non-hydrogen) atoms. The van der Waals surface area contributed by atoms with Crippen LogP contribution in [0.15, 0.2) is 12.1 Å². The second-order valence-electron chi connectivity index (χ2n) is 2.45. The van der Waals surface area contributed by atoms with Gasteiger partial charge in [0.15, 0.2) is 0 Å². The normalized spacial score (nSPS) is 9.33. The summed E-state index contributed by atoms with van der Waals surface area (Å²) in [7, 11) is 0. The van der Waals surface area contributed by atoms with Gasteiger partial charge >= 0.3 is 5.97 Å². The molecule has 0 aliphatic carbocycles. The standard InChI is InChI=1S/C8H8N2O2/c1-6-2-3-7(4-9)10(6)5-8(11)12/h2-3H,5H2,1H3,(H,11,12). The average Bonchev–Trinajstić information content (AvgIpc) is 2.32. The number of carboxylic acid groups (broad SMARTS) is 1. The molecule has 1 aromatic rings. The van der Waals surface area contributed by atoms with E-state index in [4.69, 9.17) is 10.4 Å². The summed E-state index contributed by atoms with van der Waals surface area (Å²) in [6.45, 7) is 1.62. The van der Waals surface area contributed by atoms with Crippen LogP contribution in [-0.2, 0) is 11.3 Å². The highest BCUT2D eigenvalue weighted by molar-refractivity contribution is 5.67. The maximum atomic E-state index is 10.4. The Bertz CT molecular complexity index is 346. The van der Waals surface area contributed by atoms with Gasteiger partial charge in [0.2, 0.25) is 0 Å². The van der Waals surface area contributed by atoms with Crippen LogP contribution in [0.3, 0.4) is 0 Å². The first kappa shape index (κ1) is 8.34. The smallest absolute Gasteiger partial charge is 0.323 e. The fraction of sp³-hybridized carbons (Fsp3) is 0.250. The van der Waals surface area contributed by atoms with Crippen LogP contribution in [0.25, 0.3) is 0 Å². The van der Waals surface area contributed by atoms with E-state index < -0.39 is 5.97 Å². The zero-order valence-corrected chi connectivity index (χ0v) is 6.61. The summed E-state index contributed by atoms with van der Waals surface area (Å²) in [5.41, 5.74) is 1.17. The molecule has 0 spiro atoms. The Labute approximate surface area is 69.7 Å². The van der Waals surface area contributed by atoms with Crippen molar-refractivity contribution in [2.45, 2.75) is 13.5 Å². The third kappa shape index (κ3) is 1.45. The number of rotatable bonds is 2. The monoisotopic (exact) mass is 164 g/mol. The van der Waals surface area contributed by atoms with Crippen LogP contribution in [0.1, 0.15) is 11.4 Å². The van der Waals surface area contributed by atoms with Gasteiger partial charge in [-0.3, -0.25) is 4.79 Å². The van der Waals surface area contributed by atoms with Gasteiger partial charge < -0.3 is 9.67 Å². The Hall–Kier alpha value is -1.76. The van der Waals surface area contributed by atoms with Gasteiger partial charge in [0, 0.05) is 5.69 Å². The van der Waals surface area contributed by atoms with Crippen LogP contribution in [0.4, 0.5) is 0 Å². The molecule has 0 aliphatic rings. The summed E-state index contributed by atoms with van der Waals surface area (Å²) >= 11 is 0. The van der Waals surface area contributed by atoms with Crippen molar-refractivity contribution < 1.29 is 9.90 Å². The quantitative estimate of drug-likeness (QED) is 0.701. The van der Waals surface area contributed by atoms with E-state index in [1.54, 1.807) is 19.1 Å². The zero-order chi connectivity index (χ0) is 9.14. The second-order valence-corrected chi connectivity index (χ2v) is 2.45. The molecule has 1 aromatic heterocycles. The van der Waals surface area contributed by atoms with Gasteiger partial charge in [-0.25, -0.2) is 0 Å². The molecule has 62 valence electrons. The topological polar surface area (TPSA) is 66.0 Å². The van der Waals surface area contributed by atoms with Crippen LogP contribution in [-0.4, -0.2) is 15.6 Å². The maximum Gasteiger partial charge on any atom is 0.323 e. The number of aliphatic carboxylic acids is 1. The molecule has 0 atom stereocenters. The van der Waals surface area contributed by atoms with Crippen LogP contribution < -0.4 is 0 Å². The number of nitriles is 1. The number of carboxylic acids is 1. The van der Waals surface area contributed by atoms with Gasteiger partial charge in [-0.1, -0.05) is 0 Å². The van der Waals surface area contributed by atoms with Gasteiger partial charge in [-0.2, -0.15) is 5.26 Å². The van der Waals surface area contributed by atoms with Crippen molar-refractivity contribution in [3.05, 3.63) is 23.5 Å². The van der Waals surface area contributed by atoms with Crippen molar-refractivity contribution in [3.63, 3.8) is 0 Å². The minimum absolute atomic E-state index is 0.151. The largest absolute Gasteiger partial charge is 0.480 e. The highest BCUT2D eigenvalue weighted by Gasteiger charge is 2.06. The fourth-order valence-corrected chi connectivity index (χ4v) is 1.01. The van der Waals surface area contributed by atoms with Crippen molar-refractivity contribution in [3.8, 4) is 6.07 Å². The first-order chi connectivity index (χ1) is 5.65. The first-order valence-electron chi connectivity index (χ1n) is 3.43. The lowest BCUT2D eigenvalue weighted by Gasteiger charge is -2.02. The SMILES string of the molecule is Cc1ccc(C#N)n1CC(=O)O. The van der Waals surface area contributed by atoms with E-state index in [1.807, 2.05) is 6.07 Å². The van der Waals surface area contributed by atoms with E-state index in [1.165, 1.54) is 4.57 Å². The lowest BCUT2D eigenvalue weighted by molar-refractivity contribution is -0.137. The van der Waals surface area contributed by atoms with Crippen molar-refractivity contribution >= 4 is 5.97 Å². The average molecular weight is 164 g/mol. The van der Waals surface area contributed by atoms with Crippen molar-refractivity contribution in [2.75, 3.05) is 0 Å². The number of aromatic nitrogens is 1. The number of hydrogen-bond donors (Lipinski definition) is 1. The van der Waals surface area contributed by atoms with Crippen LogP contribution in [0, 0.1) is 18.3 Å². The zero-order valence-electron chi connectivity index (χ0n) is 6.61. The lowest BCUT2D eigenvalue weighted by Crippen LogP contribution is -2.11. The summed E-state index contributed by atoms with van der Waals surface area (Å²) in [5, 5.41) is 17.1. The van der Waals surface area contributed by atoms with E-state index in [0.717, 1.165) is 5.69 Å². The molecule has 4 heteroatoms. The van der Waals surface area contributed by atoms with Crippen LogP contribution in [0.2, 0.25) is 0 Å². The molecule has 1 heterocycles. The Kier molecular flexibility index (Phi) is 2.15. The number of aryl methyl sites for hydroxylation is 1. The molecular weight excluding hydrogens is 156 g/mol. The molecule has 4 nitrogen and oxygen atoms in total. The maximum absolute atomic E-state index is 10.4. The van der Waals surface area contributed by atoms with Gasteiger partial charge in [0.25, 0.3) is 0 Å². The fourth-order valence-electron chi connectivity index (χ4n) is 1.01. The van der Waals surface area contributed by atoms with Gasteiger partial charge in [0.05, 0.1) is 0 Å². The van der Waals surface area contributed by atoms with Crippen LogP contribution >= 0.6 is 0 Å². The summed E-state index contributed by atoms with van der Waals surface area (Å²) in [6.07, 6.45) is 0. The summed E-state index contributed by atoms with van der Waals surface area (Å²) in [4.78, 5) is 10.4. The Balaban J connectivity index is 3.04. The minimum Gasteiger partial charge on any atom is -0.480 e. The van der Waals surface area contributed by atoms with E-state index in [2.05, 4.69) is 0 Å². The predicted molar refractivity (Wildman–Crippen MR) is 41.5 cm³/mol. The Morgan fingerprint density at radius 2 is 2.42 bits per heavy atom. The Morgan fingerprint density at radius 3 is 2.92 bits per heavy atom. The summed E-state index contributed by atoms with van der Waals surface area (Å²) in [5.74, 6) is -0.939. The lowest BCUT2D eigenvalue weighted by atomic mass is 10.4. The van der Waals surface area contributed by atoms with Crippen LogP contribution in [0.5, 0.6) is 0 Å². The minimum atomic E-state index is -0.939. The van der Waals surface area contributed by atoms with Crippen molar-refractivity contribution in [1.82, 2.24) is 4.57 Å². The van der Waals surface area contributed by atoms with E-state index in [9.17, 15) is 4.79 Å². The molecule has 0 aromatic carbocycles. The number of nitrogens with zero attached hydrogens (tertiary/aromatic N) is 2. The van der Waals surface area contributed by atoms with Crippen molar-refractivity contribution in [1.29, 1.82) is 5.26 Å². The summed E-state index contributed by atoms with van der Waals surface area (Å²) in [6, 6.07) is 5.25. The molecule has 0 fully saturated rings. The molecule has 0 bridgehead atoms. The first-order valence-corrected chi connectivity index (χ1v) is 3.43. The van der Waals surface area contributed by atoms with E-state index in [-0.39, 0.29) is 6.54 Å². The van der Waals surface area contributed by atoms with E-state index >= 15 is 0 Å². The molecule has 0 amide bonds. The molecule has 1 rings (SSSR count). The van der Waals surface area contributed by atoms with Gasteiger partial charge in [0.1, 0.15) is 18.3 Å². The summed E-state index contributed by atoms with van der Waals surface area (Å²) < 4.78 is 1.46. The molecule has 0 saturated carbocycles. The predicted octanol–water partition coefficient (Wildman–Crippen LogP) is 0.753. The van der Waals surface area contributed by atoms with Gasteiger partial charge in [-0.05, 0) is 19.1 Å².